The molecule has 0 aliphatic heterocycles. The van der Waals surface area contributed by atoms with Gasteiger partial charge in [-0.3, -0.25) is 4.79 Å². The molecule has 0 saturated carbocycles. The zero-order valence-electron chi connectivity index (χ0n) is 8.67. The number of amides is 1. The summed E-state index contributed by atoms with van der Waals surface area (Å²) in [4.78, 5) is 11.4. The van der Waals surface area contributed by atoms with Crippen LogP contribution in [0.3, 0.4) is 0 Å². The fraction of sp³-hybridized carbons (Fsp3) is 0.364. The number of aliphatic hydroxyl groups excluding tert-OH is 1. The quantitative estimate of drug-likeness (QED) is 0.751. The summed E-state index contributed by atoms with van der Waals surface area (Å²) in [5.41, 5.74) is -0.302. The molecule has 0 unspecified atom stereocenters. The minimum atomic E-state index is -0.749. The van der Waals surface area contributed by atoms with E-state index in [1.807, 2.05) is 0 Å². The first-order valence-corrected chi connectivity index (χ1v) is 4.99. The lowest BCUT2D eigenvalue weighted by Crippen LogP contribution is -2.25. The maximum Gasteiger partial charge on any atom is 0.254 e. The molecule has 0 fully saturated rings. The Balaban J connectivity index is 2.55. The molecule has 1 aromatic rings. The van der Waals surface area contributed by atoms with Gasteiger partial charge in [-0.05, 0) is 31.0 Å². The Morgan fingerprint density at radius 1 is 1.31 bits per heavy atom. The third-order valence-corrected chi connectivity index (χ3v) is 2.04. The molecule has 0 aromatic heterocycles. The van der Waals surface area contributed by atoms with Gasteiger partial charge in [0, 0.05) is 13.2 Å². The molecule has 0 aliphatic carbocycles. The average Bonchev–Trinajstić information content (AvgIpc) is 2.27. The van der Waals surface area contributed by atoms with Gasteiger partial charge in [-0.25, -0.2) is 8.78 Å². The fourth-order valence-electron chi connectivity index (χ4n) is 1.21. The van der Waals surface area contributed by atoms with Crippen LogP contribution in [-0.4, -0.2) is 24.2 Å². The number of halogens is 2. The lowest BCUT2D eigenvalue weighted by Gasteiger charge is -2.05. The molecule has 5 heteroatoms. The molecule has 3 nitrogen and oxygen atoms in total. The smallest absolute Gasteiger partial charge is 0.254 e. The van der Waals surface area contributed by atoms with Gasteiger partial charge in [0.05, 0.1) is 5.56 Å². The van der Waals surface area contributed by atoms with Crippen molar-refractivity contribution in [3.8, 4) is 0 Å². The van der Waals surface area contributed by atoms with Crippen molar-refractivity contribution in [2.75, 3.05) is 13.2 Å². The summed E-state index contributed by atoms with van der Waals surface area (Å²) in [5.74, 6) is -2.04. The van der Waals surface area contributed by atoms with Gasteiger partial charge >= 0.3 is 0 Å². The fourth-order valence-corrected chi connectivity index (χ4v) is 1.21. The van der Waals surface area contributed by atoms with E-state index < -0.39 is 17.5 Å². The van der Waals surface area contributed by atoms with Crippen molar-refractivity contribution in [2.24, 2.45) is 0 Å². The van der Waals surface area contributed by atoms with Crippen molar-refractivity contribution in [1.29, 1.82) is 0 Å². The van der Waals surface area contributed by atoms with E-state index in [-0.39, 0.29) is 12.2 Å². The number of carbonyl (C=O) groups excluding carboxylic acids is 1. The minimum Gasteiger partial charge on any atom is -0.396 e. The molecular formula is C11H13F2NO2. The van der Waals surface area contributed by atoms with Gasteiger partial charge in [0.25, 0.3) is 5.91 Å². The van der Waals surface area contributed by atoms with Gasteiger partial charge in [0.2, 0.25) is 0 Å². The van der Waals surface area contributed by atoms with E-state index in [4.69, 9.17) is 5.11 Å². The third kappa shape index (κ3) is 3.58. The summed E-state index contributed by atoms with van der Waals surface area (Å²) >= 11 is 0. The Morgan fingerprint density at radius 3 is 2.75 bits per heavy atom. The van der Waals surface area contributed by atoms with E-state index in [1.54, 1.807) is 0 Å². The highest BCUT2D eigenvalue weighted by molar-refractivity contribution is 5.94. The van der Waals surface area contributed by atoms with Crippen LogP contribution in [0.25, 0.3) is 0 Å². The number of aliphatic hydroxyl groups is 1. The Kier molecular flexibility index (Phi) is 4.85. The van der Waals surface area contributed by atoms with Crippen LogP contribution in [0.5, 0.6) is 0 Å². The molecule has 0 bridgehead atoms. The van der Waals surface area contributed by atoms with Crippen molar-refractivity contribution < 1.29 is 18.7 Å². The van der Waals surface area contributed by atoms with Gasteiger partial charge in [0.1, 0.15) is 11.6 Å². The molecule has 0 saturated heterocycles. The van der Waals surface area contributed by atoms with Crippen LogP contribution in [0.1, 0.15) is 23.2 Å². The van der Waals surface area contributed by atoms with E-state index >= 15 is 0 Å². The standard InChI is InChI=1S/C11H13F2NO2/c12-8-3-4-10(13)9(7-8)11(16)14-5-1-2-6-15/h3-4,7,15H,1-2,5-6H2,(H,14,16). The van der Waals surface area contributed by atoms with Crippen LogP contribution in [0.15, 0.2) is 18.2 Å². The lowest BCUT2D eigenvalue weighted by molar-refractivity contribution is 0.0947. The van der Waals surface area contributed by atoms with Crippen molar-refractivity contribution in [1.82, 2.24) is 5.32 Å². The molecule has 0 spiro atoms. The van der Waals surface area contributed by atoms with E-state index in [2.05, 4.69) is 5.32 Å². The third-order valence-electron chi connectivity index (χ3n) is 2.04. The molecular weight excluding hydrogens is 216 g/mol. The Bertz CT molecular complexity index is 369. The second-order valence-corrected chi connectivity index (χ2v) is 3.31. The van der Waals surface area contributed by atoms with Crippen LogP contribution >= 0.6 is 0 Å². The average molecular weight is 229 g/mol. The zero-order chi connectivity index (χ0) is 12.0. The summed E-state index contributed by atoms with van der Waals surface area (Å²) in [7, 11) is 0. The SMILES string of the molecule is O=C(NCCCCO)c1cc(F)ccc1F. The summed E-state index contributed by atoms with van der Waals surface area (Å²) < 4.78 is 25.9. The van der Waals surface area contributed by atoms with Gasteiger partial charge in [0.15, 0.2) is 0 Å². The second kappa shape index (κ2) is 6.17. The van der Waals surface area contributed by atoms with Gasteiger partial charge < -0.3 is 10.4 Å². The topological polar surface area (TPSA) is 49.3 Å². The van der Waals surface area contributed by atoms with Crippen molar-refractivity contribution in [2.45, 2.75) is 12.8 Å². The molecule has 0 radical (unpaired) electrons. The monoisotopic (exact) mass is 229 g/mol. The molecule has 0 atom stereocenters. The minimum absolute atomic E-state index is 0.0458. The van der Waals surface area contributed by atoms with Crippen molar-refractivity contribution >= 4 is 5.91 Å². The predicted octanol–water partition coefficient (Wildman–Crippen LogP) is 1.47. The molecule has 16 heavy (non-hydrogen) atoms. The largest absolute Gasteiger partial charge is 0.396 e. The summed E-state index contributed by atoms with van der Waals surface area (Å²) in [6.45, 7) is 0.375. The maximum absolute atomic E-state index is 13.1. The number of unbranched alkanes of at least 4 members (excludes halogenated alkanes) is 1. The van der Waals surface area contributed by atoms with E-state index in [0.29, 0.717) is 19.4 Å². The number of nitrogens with one attached hydrogen (secondary N) is 1. The molecule has 1 aromatic carbocycles. The van der Waals surface area contributed by atoms with Crippen LogP contribution in [-0.2, 0) is 0 Å². The second-order valence-electron chi connectivity index (χ2n) is 3.31. The number of carbonyl (C=O) groups is 1. The summed E-state index contributed by atoms with van der Waals surface area (Å²) in [6.07, 6.45) is 1.16. The van der Waals surface area contributed by atoms with E-state index in [9.17, 15) is 13.6 Å². The zero-order valence-corrected chi connectivity index (χ0v) is 8.67. The summed E-state index contributed by atoms with van der Waals surface area (Å²) in [6, 6.07) is 2.73. The number of hydrogen-bond acceptors (Lipinski definition) is 2. The Labute approximate surface area is 92.1 Å². The number of benzene rings is 1. The van der Waals surface area contributed by atoms with Crippen LogP contribution in [0, 0.1) is 11.6 Å². The van der Waals surface area contributed by atoms with E-state index in [0.717, 1.165) is 18.2 Å². The Morgan fingerprint density at radius 2 is 2.06 bits per heavy atom. The highest BCUT2D eigenvalue weighted by atomic mass is 19.1. The van der Waals surface area contributed by atoms with Gasteiger partial charge in [-0.15, -0.1) is 0 Å². The molecule has 1 rings (SSSR count). The normalized spacial score (nSPS) is 10.2. The van der Waals surface area contributed by atoms with Gasteiger partial charge in [-0.1, -0.05) is 0 Å². The van der Waals surface area contributed by atoms with Crippen LogP contribution in [0.4, 0.5) is 8.78 Å². The first-order valence-electron chi connectivity index (χ1n) is 4.99. The lowest BCUT2D eigenvalue weighted by atomic mass is 10.2. The van der Waals surface area contributed by atoms with E-state index in [1.165, 1.54) is 0 Å². The Hall–Kier alpha value is -1.49. The number of hydrogen-bond donors (Lipinski definition) is 2. The highest BCUT2D eigenvalue weighted by Crippen LogP contribution is 2.09. The first-order chi connectivity index (χ1) is 7.65. The number of rotatable bonds is 5. The predicted molar refractivity (Wildman–Crippen MR) is 55.0 cm³/mol. The first kappa shape index (κ1) is 12.6. The molecule has 2 N–H and O–H groups in total. The molecule has 0 heterocycles. The maximum atomic E-state index is 13.1. The molecule has 0 aliphatic rings. The van der Waals surface area contributed by atoms with Crippen LogP contribution in [0.2, 0.25) is 0 Å². The molecule has 88 valence electrons. The van der Waals surface area contributed by atoms with Crippen molar-refractivity contribution in [3.63, 3.8) is 0 Å². The van der Waals surface area contributed by atoms with Crippen molar-refractivity contribution in [3.05, 3.63) is 35.4 Å². The summed E-state index contributed by atoms with van der Waals surface area (Å²) in [5, 5.41) is 11.0. The van der Waals surface area contributed by atoms with Crippen LogP contribution < -0.4 is 5.32 Å². The highest BCUT2D eigenvalue weighted by Gasteiger charge is 2.11. The van der Waals surface area contributed by atoms with Gasteiger partial charge in [-0.2, -0.15) is 0 Å². The molecule has 1 amide bonds.